The minimum absolute atomic E-state index is 0.0452. The fraction of sp³-hybridized carbons (Fsp3) is 0.263. The van der Waals surface area contributed by atoms with E-state index in [-0.39, 0.29) is 11.8 Å². The minimum Gasteiger partial charge on any atom is -0.354 e. The lowest BCUT2D eigenvalue weighted by Crippen LogP contribution is -2.38. The normalized spacial score (nSPS) is 10.3. The average molecular weight is 389 g/mol. The van der Waals surface area contributed by atoms with E-state index in [0.29, 0.717) is 19.5 Å². The first-order chi connectivity index (χ1) is 11.5. The largest absolute Gasteiger partial charge is 0.354 e. The van der Waals surface area contributed by atoms with Gasteiger partial charge >= 0.3 is 0 Å². The van der Waals surface area contributed by atoms with Crippen LogP contribution in [0.5, 0.6) is 0 Å². The van der Waals surface area contributed by atoms with Gasteiger partial charge in [-0.25, -0.2) is 0 Å². The van der Waals surface area contributed by atoms with Gasteiger partial charge in [0, 0.05) is 24.5 Å². The molecule has 5 heteroatoms. The molecular formula is C19H21BrN2O2. The number of anilines is 1. The van der Waals surface area contributed by atoms with Crippen LogP contribution in [0.3, 0.4) is 0 Å². The third-order valence-electron chi connectivity index (χ3n) is 3.63. The summed E-state index contributed by atoms with van der Waals surface area (Å²) in [6.07, 6.45) is 0.344. The highest BCUT2D eigenvalue weighted by Crippen LogP contribution is 2.25. The molecule has 2 aromatic rings. The van der Waals surface area contributed by atoms with Crippen LogP contribution in [-0.4, -0.2) is 24.9 Å². The molecule has 0 radical (unpaired) electrons. The smallest absolute Gasteiger partial charge is 0.224 e. The van der Waals surface area contributed by atoms with Crippen LogP contribution in [0.2, 0.25) is 0 Å². The third-order valence-corrected chi connectivity index (χ3v) is 4.30. The number of carbonyl (C=O) groups excluding carboxylic acids is 2. The van der Waals surface area contributed by atoms with Crippen LogP contribution in [0, 0.1) is 6.92 Å². The second-order valence-corrected chi connectivity index (χ2v) is 6.49. The first kappa shape index (κ1) is 18.2. The molecule has 2 amide bonds. The number of rotatable bonds is 6. The van der Waals surface area contributed by atoms with Gasteiger partial charge in [-0.3, -0.25) is 9.59 Å². The highest BCUT2D eigenvalue weighted by atomic mass is 79.9. The van der Waals surface area contributed by atoms with Crippen molar-refractivity contribution in [2.45, 2.75) is 20.3 Å². The summed E-state index contributed by atoms with van der Waals surface area (Å²) >= 11 is 3.46. The Morgan fingerprint density at radius 3 is 2.54 bits per heavy atom. The van der Waals surface area contributed by atoms with Crippen LogP contribution >= 0.6 is 15.9 Å². The molecule has 0 fully saturated rings. The van der Waals surface area contributed by atoms with Crippen molar-refractivity contribution < 1.29 is 9.59 Å². The van der Waals surface area contributed by atoms with Crippen LogP contribution in [-0.2, 0) is 16.0 Å². The van der Waals surface area contributed by atoms with Gasteiger partial charge in [0.15, 0.2) is 0 Å². The third kappa shape index (κ3) is 5.20. The van der Waals surface area contributed by atoms with Crippen LogP contribution in [0.15, 0.2) is 53.0 Å². The number of nitrogens with zero attached hydrogens (tertiary/aromatic N) is 1. The Bertz CT molecular complexity index is 731. The second-order valence-electron chi connectivity index (χ2n) is 5.64. The fourth-order valence-corrected chi connectivity index (χ4v) is 2.99. The van der Waals surface area contributed by atoms with Crippen molar-refractivity contribution in [3.05, 3.63) is 64.1 Å². The number of benzene rings is 2. The van der Waals surface area contributed by atoms with Gasteiger partial charge in [-0.2, -0.15) is 0 Å². The molecule has 0 spiro atoms. The maximum atomic E-state index is 12.1. The van der Waals surface area contributed by atoms with E-state index in [4.69, 9.17) is 0 Å². The molecule has 126 valence electrons. The highest BCUT2D eigenvalue weighted by molar-refractivity contribution is 9.10. The van der Waals surface area contributed by atoms with Crippen molar-refractivity contribution in [3.8, 4) is 0 Å². The Hall–Kier alpha value is -2.14. The van der Waals surface area contributed by atoms with Crippen molar-refractivity contribution in [2.75, 3.05) is 18.0 Å². The maximum absolute atomic E-state index is 12.1. The quantitative estimate of drug-likeness (QED) is 0.823. The van der Waals surface area contributed by atoms with E-state index in [1.165, 1.54) is 6.92 Å². The number of amides is 2. The zero-order valence-corrected chi connectivity index (χ0v) is 15.5. The van der Waals surface area contributed by atoms with Crippen molar-refractivity contribution >= 4 is 33.4 Å². The summed E-state index contributed by atoms with van der Waals surface area (Å²) in [6, 6.07) is 15.4. The molecule has 0 bridgehead atoms. The van der Waals surface area contributed by atoms with Crippen LogP contribution in [0.25, 0.3) is 0 Å². The molecule has 2 rings (SSSR count). The fourth-order valence-electron chi connectivity index (χ4n) is 2.50. The molecule has 0 aliphatic rings. The van der Waals surface area contributed by atoms with Crippen molar-refractivity contribution in [3.63, 3.8) is 0 Å². The molecule has 0 saturated heterocycles. The Labute approximate surface area is 151 Å². The van der Waals surface area contributed by atoms with E-state index >= 15 is 0 Å². The lowest BCUT2D eigenvalue weighted by molar-refractivity contribution is -0.121. The predicted molar refractivity (Wildman–Crippen MR) is 100 cm³/mol. The topological polar surface area (TPSA) is 49.4 Å². The standard InChI is InChI=1S/C19H21BrN2O2/c1-14-6-5-7-16(12-14)13-19(24)21-10-11-22(15(2)23)18-9-4-3-8-17(18)20/h3-9,12H,10-11,13H2,1-2H3,(H,21,24). The molecule has 1 N–H and O–H groups in total. The summed E-state index contributed by atoms with van der Waals surface area (Å²) in [7, 11) is 0. The molecule has 0 heterocycles. The van der Waals surface area contributed by atoms with Gasteiger partial charge in [0.05, 0.1) is 12.1 Å². The highest BCUT2D eigenvalue weighted by Gasteiger charge is 2.14. The summed E-state index contributed by atoms with van der Waals surface area (Å²) < 4.78 is 0.853. The number of carbonyl (C=O) groups is 2. The molecule has 4 nitrogen and oxygen atoms in total. The summed E-state index contributed by atoms with van der Waals surface area (Å²) in [5.74, 6) is -0.105. The molecule has 0 aromatic heterocycles. The van der Waals surface area contributed by atoms with E-state index < -0.39 is 0 Å². The van der Waals surface area contributed by atoms with Gasteiger partial charge in [-0.05, 0) is 40.5 Å². The first-order valence-corrected chi connectivity index (χ1v) is 8.61. The number of hydrogen-bond acceptors (Lipinski definition) is 2. The molecular weight excluding hydrogens is 368 g/mol. The first-order valence-electron chi connectivity index (χ1n) is 7.82. The zero-order chi connectivity index (χ0) is 17.5. The Kier molecular flexibility index (Phi) is 6.55. The van der Waals surface area contributed by atoms with Gasteiger partial charge in [-0.15, -0.1) is 0 Å². The van der Waals surface area contributed by atoms with E-state index in [2.05, 4.69) is 21.2 Å². The average Bonchev–Trinajstić information content (AvgIpc) is 2.52. The van der Waals surface area contributed by atoms with E-state index in [1.54, 1.807) is 4.90 Å². The van der Waals surface area contributed by atoms with Crippen LogP contribution in [0.1, 0.15) is 18.1 Å². The summed E-state index contributed by atoms with van der Waals surface area (Å²) in [6.45, 7) is 4.36. The van der Waals surface area contributed by atoms with E-state index in [9.17, 15) is 9.59 Å². The predicted octanol–water partition coefficient (Wildman–Crippen LogP) is 3.47. The molecule has 0 atom stereocenters. The second kappa shape index (κ2) is 8.64. The number of nitrogens with one attached hydrogen (secondary N) is 1. The number of para-hydroxylation sites is 1. The lowest BCUT2D eigenvalue weighted by Gasteiger charge is -2.22. The molecule has 0 aliphatic carbocycles. The number of halogens is 1. The SMILES string of the molecule is CC(=O)N(CCNC(=O)Cc1cccc(C)c1)c1ccccc1Br. The Morgan fingerprint density at radius 2 is 1.88 bits per heavy atom. The number of hydrogen-bond donors (Lipinski definition) is 1. The maximum Gasteiger partial charge on any atom is 0.224 e. The van der Waals surface area contributed by atoms with Gasteiger partial charge in [0.2, 0.25) is 11.8 Å². The van der Waals surface area contributed by atoms with E-state index in [0.717, 1.165) is 21.3 Å². The van der Waals surface area contributed by atoms with Crippen molar-refractivity contribution in [2.24, 2.45) is 0 Å². The monoisotopic (exact) mass is 388 g/mol. The van der Waals surface area contributed by atoms with Gasteiger partial charge in [0.1, 0.15) is 0 Å². The van der Waals surface area contributed by atoms with Crippen molar-refractivity contribution in [1.29, 1.82) is 0 Å². The van der Waals surface area contributed by atoms with Crippen LogP contribution in [0.4, 0.5) is 5.69 Å². The molecule has 0 aliphatic heterocycles. The Morgan fingerprint density at radius 1 is 1.12 bits per heavy atom. The van der Waals surface area contributed by atoms with Crippen LogP contribution < -0.4 is 10.2 Å². The lowest BCUT2D eigenvalue weighted by atomic mass is 10.1. The van der Waals surface area contributed by atoms with Gasteiger partial charge < -0.3 is 10.2 Å². The molecule has 2 aromatic carbocycles. The molecule has 0 unspecified atom stereocenters. The molecule has 24 heavy (non-hydrogen) atoms. The summed E-state index contributed by atoms with van der Waals surface area (Å²) in [5.41, 5.74) is 2.93. The van der Waals surface area contributed by atoms with Gasteiger partial charge in [0.25, 0.3) is 0 Å². The number of aryl methyl sites for hydroxylation is 1. The Balaban J connectivity index is 1.90. The summed E-state index contributed by atoms with van der Waals surface area (Å²) in [4.78, 5) is 25.6. The van der Waals surface area contributed by atoms with E-state index in [1.807, 2.05) is 55.5 Å². The van der Waals surface area contributed by atoms with Gasteiger partial charge in [-0.1, -0.05) is 42.0 Å². The zero-order valence-electron chi connectivity index (χ0n) is 13.9. The minimum atomic E-state index is -0.0603. The molecule has 0 saturated carbocycles. The summed E-state index contributed by atoms with van der Waals surface area (Å²) in [5, 5.41) is 2.88. The van der Waals surface area contributed by atoms with Crippen molar-refractivity contribution in [1.82, 2.24) is 5.32 Å².